The van der Waals surface area contributed by atoms with Gasteiger partial charge in [-0.15, -0.1) is 11.3 Å². The van der Waals surface area contributed by atoms with E-state index in [2.05, 4.69) is 27.6 Å². The van der Waals surface area contributed by atoms with Crippen molar-refractivity contribution < 1.29 is 8.94 Å². The molecule has 1 aliphatic rings. The monoisotopic (exact) mass is 328 g/mol. The zero-order chi connectivity index (χ0) is 15.5. The number of hydrogen-bond donors (Lipinski definition) is 0. The highest BCUT2D eigenvalue weighted by Gasteiger charge is 2.26. The van der Waals surface area contributed by atoms with Gasteiger partial charge in [-0.3, -0.25) is 4.90 Å². The van der Waals surface area contributed by atoms with Crippen LogP contribution < -0.4 is 0 Å². The third-order valence-electron chi connectivity index (χ3n) is 4.44. The van der Waals surface area contributed by atoms with Crippen LogP contribution in [-0.4, -0.2) is 16.6 Å². The summed E-state index contributed by atoms with van der Waals surface area (Å²) in [7, 11) is 0. The maximum atomic E-state index is 5.60. The van der Waals surface area contributed by atoms with Crippen molar-refractivity contribution in [1.82, 2.24) is 10.1 Å². The zero-order valence-electron chi connectivity index (χ0n) is 13.0. The fraction of sp³-hybridized carbons (Fsp3) is 0.389. The van der Waals surface area contributed by atoms with Crippen molar-refractivity contribution in [3.8, 4) is 10.6 Å². The van der Waals surface area contributed by atoms with Crippen LogP contribution in [0, 0.1) is 0 Å². The molecule has 5 heteroatoms. The van der Waals surface area contributed by atoms with Crippen molar-refractivity contribution >= 4 is 11.3 Å². The maximum Gasteiger partial charge on any atom is 0.177 e. The zero-order valence-corrected chi connectivity index (χ0v) is 13.8. The van der Waals surface area contributed by atoms with Crippen LogP contribution in [0.4, 0.5) is 0 Å². The first-order chi connectivity index (χ1) is 11.4. The molecule has 0 spiro atoms. The number of nitrogens with zero attached hydrogens (tertiary/aromatic N) is 2. The minimum absolute atomic E-state index is 0.306. The molecule has 0 aromatic carbocycles. The number of aromatic nitrogens is 1. The number of likely N-dealkylation sites (tertiary alicyclic amines) is 1. The maximum absolute atomic E-state index is 5.60. The first kappa shape index (κ1) is 14.7. The van der Waals surface area contributed by atoms with E-state index in [1.807, 2.05) is 18.2 Å². The van der Waals surface area contributed by atoms with Crippen LogP contribution in [0.2, 0.25) is 0 Å². The molecule has 0 radical (unpaired) electrons. The molecule has 0 N–H and O–H groups in total. The van der Waals surface area contributed by atoms with Crippen molar-refractivity contribution in [2.75, 3.05) is 6.54 Å². The molecule has 0 saturated carbocycles. The summed E-state index contributed by atoms with van der Waals surface area (Å²) in [5.41, 5.74) is 1.04. The Morgan fingerprint density at radius 3 is 3.04 bits per heavy atom. The van der Waals surface area contributed by atoms with E-state index < -0.39 is 0 Å². The van der Waals surface area contributed by atoms with Gasteiger partial charge in [-0.25, -0.2) is 0 Å². The third kappa shape index (κ3) is 3.26. The summed E-state index contributed by atoms with van der Waals surface area (Å²) >= 11 is 1.68. The average Bonchev–Trinajstić information content (AvgIpc) is 3.29. The van der Waals surface area contributed by atoms with Gasteiger partial charge < -0.3 is 8.94 Å². The molecule has 0 unspecified atom stereocenters. The SMILES string of the molecule is c1coc(CN2CCCCC[C@H]2c2cc(-c3cccs3)on2)c1. The van der Waals surface area contributed by atoms with Crippen molar-refractivity contribution in [3.05, 3.63) is 53.4 Å². The van der Waals surface area contributed by atoms with Crippen LogP contribution >= 0.6 is 11.3 Å². The Morgan fingerprint density at radius 1 is 1.22 bits per heavy atom. The Labute approximate surface area is 139 Å². The molecule has 1 fully saturated rings. The van der Waals surface area contributed by atoms with Gasteiger partial charge in [-0.1, -0.05) is 24.1 Å². The highest BCUT2D eigenvalue weighted by Crippen LogP contribution is 2.34. The molecule has 3 aromatic heterocycles. The number of rotatable bonds is 4. The lowest BCUT2D eigenvalue weighted by Crippen LogP contribution is -2.28. The van der Waals surface area contributed by atoms with Gasteiger partial charge in [-0.2, -0.15) is 0 Å². The van der Waals surface area contributed by atoms with Gasteiger partial charge >= 0.3 is 0 Å². The molecular formula is C18H20N2O2S. The Morgan fingerprint density at radius 2 is 2.22 bits per heavy atom. The molecule has 4 rings (SSSR count). The predicted octanol–water partition coefficient (Wildman–Crippen LogP) is 5.11. The summed E-state index contributed by atoms with van der Waals surface area (Å²) in [6.45, 7) is 1.91. The summed E-state index contributed by atoms with van der Waals surface area (Å²) in [6, 6.07) is 10.5. The van der Waals surface area contributed by atoms with E-state index in [9.17, 15) is 0 Å². The van der Waals surface area contributed by atoms with Crippen LogP contribution in [0.1, 0.15) is 43.2 Å². The molecule has 1 saturated heterocycles. The number of thiophene rings is 1. The molecule has 0 amide bonds. The van der Waals surface area contributed by atoms with Gasteiger partial charge in [0.15, 0.2) is 5.76 Å². The quantitative estimate of drug-likeness (QED) is 0.667. The van der Waals surface area contributed by atoms with Gasteiger partial charge in [0.05, 0.1) is 23.7 Å². The Balaban J connectivity index is 1.58. The summed E-state index contributed by atoms with van der Waals surface area (Å²) in [5, 5.41) is 6.44. The van der Waals surface area contributed by atoms with E-state index in [0.29, 0.717) is 6.04 Å². The summed E-state index contributed by atoms with van der Waals surface area (Å²) in [4.78, 5) is 3.61. The smallest absolute Gasteiger partial charge is 0.177 e. The lowest BCUT2D eigenvalue weighted by Gasteiger charge is -2.27. The standard InChI is InChI=1S/C18H20N2O2S/c1-2-7-16(20(9-3-1)13-14-6-4-10-21-14)15-12-17(22-19-15)18-8-5-11-23-18/h4-6,8,10-12,16H,1-3,7,9,13H2/t16-/m0/s1. The van der Waals surface area contributed by atoms with Crippen LogP contribution in [0.25, 0.3) is 10.6 Å². The molecule has 120 valence electrons. The minimum Gasteiger partial charge on any atom is -0.468 e. The molecule has 0 aliphatic carbocycles. The van der Waals surface area contributed by atoms with Gasteiger partial charge in [-0.05, 0) is 43.0 Å². The minimum atomic E-state index is 0.306. The van der Waals surface area contributed by atoms with E-state index >= 15 is 0 Å². The normalized spacial score (nSPS) is 19.7. The average molecular weight is 328 g/mol. The van der Waals surface area contributed by atoms with E-state index in [1.165, 1.54) is 19.3 Å². The van der Waals surface area contributed by atoms with Gasteiger partial charge in [0.25, 0.3) is 0 Å². The molecule has 23 heavy (non-hydrogen) atoms. The summed E-state index contributed by atoms with van der Waals surface area (Å²) < 4.78 is 11.1. The highest BCUT2D eigenvalue weighted by atomic mass is 32.1. The fourth-order valence-electron chi connectivity index (χ4n) is 3.28. The highest BCUT2D eigenvalue weighted by molar-refractivity contribution is 7.13. The fourth-order valence-corrected chi connectivity index (χ4v) is 3.95. The first-order valence-corrected chi connectivity index (χ1v) is 9.05. The predicted molar refractivity (Wildman–Crippen MR) is 90.1 cm³/mol. The van der Waals surface area contributed by atoms with Gasteiger partial charge in [0, 0.05) is 6.07 Å². The van der Waals surface area contributed by atoms with Gasteiger partial charge in [0.2, 0.25) is 0 Å². The molecule has 1 aliphatic heterocycles. The largest absolute Gasteiger partial charge is 0.468 e. The van der Waals surface area contributed by atoms with Crippen LogP contribution in [-0.2, 0) is 6.54 Å². The topological polar surface area (TPSA) is 42.4 Å². The summed E-state index contributed by atoms with van der Waals surface area (Å²) in [5.74, 6) is 1.89. The van der Waals surface area contributed by atoms with Crippen molar-refractivity contribution in [3.63, 3.8) is 0 Å². The van der Waals surface area contributed by atoms with Crippen molar-refractivity contribution in [2.45, 2.75) is 38.3 Å². The first-order valence-electron chi connectivity index (χ1n) is 8.17. The van der Waals surface area contributed by atoms with Crippen LogP contribution in [0.3, 0.4) is 0 Å². The van der Waals surface area contributed by atoms with Gasteiger partial charge in [0.1, 0.15) is 11.5 Å². The molecule has 0 bridgehead atoms. The van der Waals surface area contributed by atoms with E-state index in [0.717, 1.165) is 41.6 Å². The van der Waals surface area contributed by atoms with Crippen LogP contribution in [0.5, 0.6) is 0 Å². The Hall–Kier alpha value is -1.85. The van der Waals surface area contributed by atoms with E-state index in [4.69, 9.17) is 8.94 Å². The Kier molecular flexibility index (Phi) is 4.30. The second kappa shape index (κ2) is 6.72. The molecule has 1 atom stereocenters. The third-order valence-corrected chi connectivity index (χ3v) is 5.32. The summed E-state index contributed by atoms with van der Waals surface area (Å²) in [6.07, 6.45) is 6.61. The van der Waals surface area contributed by atoms with Crippen molar-refractivity contribution in [2.24, 2.45) is 0 Å². The second-order valence-electron chi connectivity index (χ2n) is 6.01. The Bertz CT molecular complexity index is 718. The number of furan rings is 1. The molecule has 4 nitrogen and oxygen atoms in total. The van der Waals surface area contributed by atoms with Crippen molar-refractivity contribution in [1.29, 1.82) is 0 Å². The van der Waals surface area contributed by atoms with E-state index in [-0.39, 0.29) is 0 Å². The van der Waals surface area contributed by atoms with Crippen LogP contribution in [0.15, 0.2) is 50.9 Å². The second-order valence-corrected chi connectivity index (χ2v) is 6.96. The lowest BCUT2D eigenvalue weighted by atomic mass is 10.1. The van der Waals surface area contributed by atoms with E-state index in [1.54, 1.807) is 17.6 Å². The lowest BCUT2D eigenvalue weighted by molar-refractivity contribution is 0.170. The molecular weight excluding hydrogens is 308 g/mol. The molecule has 4 heterocycles. The number of hydrogen-bond acceptors (Lipinski definition) is 5. The molecule has 3 aromatic rings.